The van der Waals surface area contributed by atoms with E-state index in [1.807, 2.05) is 12.1 Å². The van der Waals surface area contributed by atoms with Crippen molar-refractivity contribution in [2.45, 2.75) is 12.5 Å². The van der Waals surface area contributed by atoms with Crippen LogP contribution in [0, 0.1) is 10.1 Å². The molecule has 0 N–H and O–H groups in total. The van der Waals surface area contributed by atoms with Crippen LogP contribution in [0.3, 0.4) is 0 Å². The average molecular weight is 326 g/mol. The van der Waals surface area contributed by atoms with Crippen molar-refractivity contribution in [3.05, 3.63) is 58.1 Å². The molecule has 2 aromatic rings. The Hall–Kier alpha value is -3.09. The number of para-hydroxylation sites is 2. The van der Waals surface area contributed by atoms with Gasteiger partial charge in [-0.25, -0.2) is 0 Å². The van der Waals surface area contributed by atoms with Gasteiger partial charge in [-0.3, -0.25) is 14.9 Å². The summed E-state index contributed by atoms with van der Waals surface area (Å²) in [7, 11) is 0. The number of carbonyl (C=O) groups excluding carboxylic acids is 1. The quantitative estimate of drug-likeness (QED) is 0.625. The summed E-state index contributed by atoms with van der Waals surface area (Å²) in [5.74, 6) is 0.973. The first-order chi connectivity index (χ1) is 11.6. The fraction of sp³-hybridized carbons (Fsp3) is 0.235. The summed E-state index contributed by atoms with van der Waals surface area (Å²) in [6.45, 7) is 0.630. The molecule has 0 saturated heterocycles. The van der Waals surface area contributed by atoms with Crippen molar-refractivity contribution in [2.24, 2.45) is 0 Å². The number of fused-ring (bicyclic) bond motifs is 2. The summed E-state index contributed by atoms with van der Waals surface area (Å²) >= 11 is 0. The van der Waals surface area contributed by atoms with Crippen LogP contribution in [0.15, 0.2) is 42.5 Å². The highest BCUT2D eigenvalue weighted by Gasteiger charge is 2.35. The van der Waals surface area contributed by atoms with E-state index in [1.54, 1.807) is 23.1 Å². The lowest BCUT2D eigenvalue weighted by Crippen LogP contribution is -2.46. The maximum absolute atomic E-state index is 12.8. The number of amides is 1. The summed E-state index contributed by atoms with van der Waals surface area (Å²) < 4.78 is 11.4. The van der Waals surface area contributed by atoms with Crippen molar-refractivity contribution in [3.8, 4) is 11.5 Å². The molecule has 0 aromatic heterocycles. The minimum Gasteiger partial charge on any atom is -0.485 e. The number of benzene rings is 2. The van der Waals surface area contributed by atoms with E-state index in [9.17, 15) is 14.9 Å². The van der Waals surface area contributed by atoms with Crippen LogP contribution in [0.4, 0.5) is 11.4 Å². The van der Waals surface area contributed by atoms with Crippen molar-refractivity contribution >= 4 is 17.3 Å². The van der Waals surface area contributed by atoms with Gasteiger partial charge in [-0.05, 0) is 30.2 Å². The van der Waals surface area contributed by atoms with Gasteiger partial charge in [-0.2, -0.15) is 0 Å². The molecule has 0 radical (unpaired) electrons. The fourth-order valence-corrected chi connectivity index (χ4v) is 3.05. The van der Waals surface area contributed by atoms with Gasteiger partial charge in [0.2, 0.25) is 6.10 Å². The van der Waals surface area contributed by atoms with Gasteiger partial charge in [0.15, 0.2) is 11.5 Å². The second kappa shape index (κ2) is 5.52. The number of nitrogens with zero attached hydrogens (tertiary/aromatic N) is 2. The zero-order valence-corrected chi connectivity index (χ0v) is 12.7. The molecule has 0 spiro atoms. The molecule has 2 aliphatic rings. The summed E-state index contributed by atoms with van der Waals surface area (Å²) in [5.41, 5.74) is 1.54. The van der Waals surface area contributed by atoms with Gasteiger partial charge in [0.25, 0.3) is 11.6 Å². The number of anilines is 1. The van der Waals surface area contributed by atoms with Gasteiger partial charge in [0, 0.05) is 24.4 Å². The van der Waals surface area contributed by atoms with Crippen LogP contribution in [0.1, 0.15) is 5.56 Å². The highest BCUT2D eigenvalue weighted by atomic mass is 16.6. The molecule has 24 heavy (non-hydrogen) atoms. The zero-order valence-electron chi connectivity index (χ0n) is 12.7. The minimum absolute atomic E-state index is 0.0363. The lowest BCUT2D eigenvalue weighted by atomic mass is 10.1. The van der Waals surface area contributed by atoms with E-state index in [1.165, 1.54) is 12.1 Å². The molecule has 1 atom stereocenters. The Morgan fingerprint density at radius 3 is 2.79 bits per heavy atom. The normalized spacial score (nSPS) is 18.2. The van der Waals surface area contributed by atoms with Crippen molar-refractivity contribution < 1.29 is 19.2 Å². The number of hydrogen-bond acceptors (Lipinski definition) is 5. The number of carbonyl (C=O) groups is 1. The predicted molar refractivity (Wildman–Crippen MR) is 85.5 cm³/mol. The Morgan fingerprint density at radius 2 is 2.00 bits per heavy atom. The number of nitro groups is 1. The van der Waals surface area contributed by atoms with Gasteiger partial charge in [-0.1, -0.05) is 12.1 Å². The van der Waals surface area contributed by atoms with Gasteiger partial charge in [-0.15, -0.1) is 0 Å². The summed E-state index contributed by atoms with van der Waals surface area (Å²) in [5, 5.41) is 10.9. The van der Waals surface area contributed by atoms with Crippen molar-refractivity contribution in [1.82, 2.24) is 0 Å². The predicted octanol–water partition coefficient (Wildman–Crippen LogP) is 2.32. The number of hydrogen-bond donors (Lipinski definition) is 0. The molecule has 1 amide bonds. The van der Waals surface area contributed by atoms with E-state index < -0.39 is 11.0 Å². The fourth-order valence-electron chi connectivity index (χ4n) is 3.05. The molecule has 2 aromatic carbocycles. The third-order valence-corrected chi connectivity index (χ3v) is 4.22. The SMILES string of the molecule is O=C([C@@H]1COc2ccccc2O1)N1CCc2cc([N+](=O)[O-])ccc21. The maximum atomic E-state index is 12.8. The van der Waals surface area contributed by atoms with Crippen molar-refractivity contribution in [2.75, 3.05) is 18.1 Å². The Balaban J connectivity index is 1.56. The van der Waals surface area contributed by atoms with Gasteiger partial charge in [0.05, 0.1) is 4.92 Å². The van der Waals surface area contributed by atoms with Crippen LogP contribution in [0.2, 0.25) is 0 Å². The van der Waals surface area contributed by atoms with E-state index in [0.717, 1.165) is 5.56 Å². The van der Waals surface area contributed by atoms with Crippen LogP contribution in [-0.2, 0) is 11.2 Å². The first-order valence-corrected chi connectivity index (χ1v) is 7.60. The first kappa shape index (κ1) is 14.5. The van der Waals surface area contributed by atoms with E-state index in [4.69, 9.17) is 9.47 Å². The topological polar surface area (TPSA) is 81.9 Å². The number of nitro benzene ring substituents is 1. The Bertz CT molecular complexity index is 835. The molecular formula is C17H14N2O5. The van der Waals surface area contributed by atoms with Crippen LogP contribution >= 0.6 is 0 Å². The van der Waals surface area contributed by atoms with Crippen LogP contribution < -0.4 is 14.4 Å². The molecule has 0 fully saturated rings. The Kier molecular flexibility index (Phi) is 3.34. The van der Waals surface area contributed by atoms with Gasteiger partial charge < -0.3 is 14.4 Å². The monoisotopic (exact) mass is 326 g/mol. The molecule has 0 bridgehead atoms. The van der Waals surface area contributed by atoms with E-state index >= 15 is 0 Å². The molecule has 0 saturated carbocycles. The molecule has 7 nitrogen and oxygen atoms in total. The van der Waals surface area contributed by atoms with E-state index in [0.29, 0.717) is 30.2 Å². The van der Waals surface area contributed by atoms with Crippen molar-refractivity contribution in [3.63, 3.8) is 0 Å². The molecule has 2 aliphatic heterocycles. The molecule has 0 unspecified atom stereocenters. The highest BCUT2D eigenvalue weighted by Crippen LogP contribution is 2.34. The highest BCUT2D eigenvalue weighted by molar-refractivity contribution is 5.99. The standard InChI is InChI=1S/C17H14N2O5/c20-17(16-10-23-14-3-1-2-4-15(14)24-16)18-8-7-11-9-12(19(21)22)5-6-13(11)18/h1-6,9,16H,7-8,10H2/t16-/m0/s1. The second-order valence-electron chi connectivity index (χ2n) is 5.67. The minimum atomic E-state index is -0.721. The average Bonchev–Trinajstić information content (AvgIpc) is 3.03. The summed E-state index contributed by atoms with van der Waals surface area (Å²) in [6.07, 6.45) is -0.131. The van der Waals surface area contributed by atoms with Crippen LogP contribution in [-0.4, -0.2) is 30.1 Å². The van der Waals surface area contributed by atoms with E-state index in [2.05, 4.69) is 0 Å². The Labute approximate surface area is 137 Å². The van der Waals surface area contributed by atoms with Gasteiger partial charge in [0.1, 0.15) is 6.61 Å². The molecule has 122 valence electrons. The zero-order chi connectivity index (χ0) is 16.7. The van der Waals surface area contributed by atoms with Crippen LogP contribution in [0.25, 0.3) is 0 Å². The molecule has 2 heterocycles. The smallest absolute Gasteiger partial charge is 0.271 e. The van der Waals surface area contributed by atoms with Crippen LogP contribution in [0.5, 0.6) is 11.5 Å². The lowest BCUT2D eigenvalue weighted by molar-refractivity contribution is -0.384. The number of rotatable bonds is 2. The molecule has 0 aliphatic carbocycles. The maximum Gasteiger partial charge on any atom is 0.271 e. The molecule has 7 heteroatoms. The number of non-ortho nitro benzene ring substituents is 1. The second-order valence-corrected chi connectivity index (χ2v) is 5.67. The van der Waals surface area contributed by atoms with Crippen molar-refractivity contribution in [1.29, 1.82) is 0 Å². The summed E-state index contributed by atoms with van der Waals surface area (Å²) in [4.78, 5) is 24.8. The number of ether oxygens (including phenoxy) is 2. The third-order valence-electron chi connectivity index (χ3n) is 4.22. The largest absolute Gasteiger partial charge is 0.485 e. The lowest BCUT2D eigenvalue weighted by Gasteiger charge is -2.29. The molecular weight excluding hydrogens is 312 g/mol. The molecule has 4 rings (SSSR count). The van der Waals surface area contributed by atoms with E-state index in [-0.39, 0.29) is 18.2 Å². The Morgan fingerprint density at radius 1 is 1.21 bits per heavy atom. The summed E-state index contributed by atoms with van der Waals surface area (Å²) in [6, 6.07) is 11.8. The third kappa shape index (κ3) is 2.34. The first-order valence-electron chi connectivity index (χ1n) is 7.60. The van der Waals surface area contributed by atoms with Gasteiger partial charge >= 0.3 is 0 Å².